The Morgan fingerprint density at radius 1 is 1.23 bits per heavy atom. The number of rotatable bonds is 3. The summed E-state index contributed by atoms with van der Waals surface area (Å²) < 4.78 is 32.1. The summed E-state index contributed by atoms with van der Waals surface area (Å²) in [7, 11) is -3.43. The van der Waals surface area contributed by atoms with Crippen molar-refractivity contribution in [2.45, 2.75) is 10.3 Å². The highest BCUT2D eigenvalue weighted by Gasteiger charge is 2.52. The van der Waals surface area contributed by atoms with E-state index < -0.39 is 10.0 Å². The highest BCUT2D eigenvalue weighted by atomic mass is 32.2. The Morgan fingerprint density at radius 2 is 2.09 bits per heavy atom. The average Bonchev–Trinajstić information content (AvgIpc) is 3.19. The maximum absolute atomic E-state index is 12.5. The maximum Gasteiger partial charge on any atom is 0.289 e. The molecule has 0 radical (unpaired) electrons. The number of nitrogens with zero attached hydrogens (tertiary/aromatic N) is 2. The SMILES string of the molecule is O=C(c1ccco1)N1C[C@H]2CN(S(=O)(=O)c3cccs3)[C@H]2C1. The summed E-state index contributed by atoms with van der Waals surface area (Å²) in [5.74, 6) is 0.343. The van der Waals surface area contributed by atoms with Crippen molar-refractivity contribution in [3.8, 4) is 0 Å². The van der Waals surface area contributed by atoms with Gasteiger partial charge in [-0.15, -0.1) is 11.3 Å². The Bertz CT molecular complexity index is 783. The van der Waals surface area contributed by atoms with E-state index in [0.29, 0.717) is 29.6 Å². The minimum atomic E-state index is -3.43. The van der Waals surface area contributed by atoms with Gasteiger partial charge in [-0.3, -0.25) is 4.79 Å². The Labute approximate surface area is 132 Å². The first-order valence-corrected chi connectivity index (χ1v) is 9.27. The van der Waals surface area contributed by atoms with Crippen LogP contribution < -0.4 is 0 Å². The summed E-state index contributed by atoms with van der Waals surface area (Å²) in [5.41, 5.74) is 0. The largest absolute Gasteiger partial charge is 0.459 e. The number of likely N-dealkylation sites (tertiary alicyclic amines) is 1. The third-order valence-electron chi connectivity index (χ3n) is 4.27. The van der Waals surface area contributed by atoms with Crippen molar-refractivity contribution in [3.63, 3.8) is 0 Å². The van der Waals surface area contributed by atoms with Crippen molar-refractivity contribution >= 4 is 27.3 Å². The fourth-order valence-corrected chi connectivity index (χ4v) is 5.97. The molecule has 2 aliphatic rings. The number of fused-ring (bicyclic) bond motifs is 1. The van der Waals surface area contributed by atoms with Crippen molar-refractivity contribution in [1.82, 2.24) is 9.21 Å². The average molecular weight is 338 g/mol. The van der Waals surface area contributed by atoms with Crippen LogP contribution in [0.4, 0.5) is 0 Å². The molecule has 6 nitrogen and oxygen atoms in total. The van der Waals surface area contributed by atoms with Crippen LogP contribution in [0.25, 0.3) is 0 Å². The molecule has 2 aliphatic heterocycles. The predicted octanol–water partition coefficient (Wildman–Crippen LogP) is 1.49. The predicted molar refractivity (Wildman–Crippen MR) is 80.1 cm³/mol. The van der Waals surface area contributed by atoms with Gasteiger partial charge in [0.15, 0.2) is 5.76 Å². The second-order valence-corrected chi connectivity index (χ2v) is 8.59. The molecule has 2 fully saturated rings. The van der Waals surface area contributed by atoms with Gasteiger partial charge in [0.1, 0.15) is 4.21 Å². The van der Waals surface area contributed by atoms with E-state index in [1.807, 2.05) is 0 Å². The molecule has 0 unspecified atom stereocenters. The molecule has 116 valence electrons. The van der Waals surface area contributed by atoms with Crippen LogP contribution in [0.1, 0.15) is 10.6 Å². The fourth-order valence-electron chi connectivity index (χ4n) is 3.11. The van der Waals surface area contributed by atoms with Crippen LogP contribution in [0.15, 0.2) is 44.5 Å². The molecule has 0 aromatic carbocycles. The van der Waals surface area contributed by atoms with E-state index in [2.05, 4.69) is 0 Å². The van der Waals surface area contributed by atoms with E-state index in [1.165, 1.54) is 21.9 Å². The minimum Gasteiger partial charge on any atom is -0.459 e. The van der Waals surface area contributed by atoms with E-state index in [-0.39, 0.29) is 17.9 Å². The molecule has 2 aromatic rings. The van der Waals surface area contributed by atoms with Gasteiger partial charge >= 0.3 is 0 Å². The lowest BCUT2D eigenvalue weighted by molar-refractivity contribution is 0.0757. The number of carbonyl (C=O) groups excluding carboxylic acids is 1. The number of thiophene rings is 1. The zero-order chi connectivity index (χ0) is 15.3. The lowest BCUT2D eigenvalue weighted by atomic mass is 9.96. The zero-order valence-electron chi connectivity index (χ0n) is 11.6. The lowest BCUT2D eigenvalue weighted by Gasteiger charge is -2.41. The molecule has 0 spiro atoms. The summed E-state index contributed by atoms with van der Waals surface area (Å²) in [6.07, 6.45) is 1.46. The third-order valence-corrected chi connectivity index (χ3v) is 7.53. The van der Waals surface area contributed by atoms with Crippen LogP contribution in [-0.2, 0) is 10.0 Å². The molecule has 22 heavy (non-hydrogen) atoms. The highest BCUT2D eigenvalue weighted by Crippen LogP contribution is 2.38. The van der Waals surface area contributed by atoms with Gasteiger partial charge in [0.2, 0.25) is 0 Å². The van der Waals surface area contributed by atoms with E-state index in [4.69, 9.17) is 4.42 Å². The molecule has 4 rings (SSSR count). The normalized spacial score (nSPS) is 25.0. The van der Waals surface area contributed by atoms with Gasteiger partial charge in [-0.25, -0.2) is 8.42 Å². The molecular formula is C14H14N2O4S2. The standard InChI is InChI=1S/C14H14N2O4S2/c17-14(12-3-1-5-20-12)15-7-10-8-16(11(10)9-15)22(18,19)13-4-2-6-21-13/h1-6,10-11H,7-9H2/t10-,11-/m0/s1. The molecule has 0 saturated carbocycles. The summed E-state index contributed by atoms with van der Waals surface area (Å²) in [6.45, 7) is 1.49. The van der Waals surface area contributed by atoms with Gasteiger partial charge < -0.3 is 9.32 Å². The summed E-state index contributed by atoms with van der Waals surface area (Å²) >= 11 is 1.22. The number of hydrogen-bond acceptors (Lipinski definition) is 5. The van der Waals surface area contributed by atoms with Crippen LogP contribution in [0.3, 0.4) is 0 Å². The number of sulfonamides is 1. The molecule has 4 heterocycles. The summed E-state index contributed by atoms with van der Waals surface area (Å²) in [4.78, 5) is 14.0. The number of amides is 1. The molecule has 2 atom stereocenters. The fraction of sp³-hybridized carbons (Fsp3) is 0.357. The molecule has 0 aliphatic carbocycles. The zero-order valence-corrected chi connectivity index (χ0v) is 13.2. The van der Waals surface area contributed by atoms with Gasteiger partial charge in [0.05, 0.1) is 6.26 Å². The van der Waals surface area contributed by atoms with Crippen LogP contribution in [0, 0.1) is 5.92 Å². The van der Waals surface area contributed by atoms with Gasteiger partial charge in [0.25, 0.3) is 15.9 Å². The number of carbonyl (C=O) groups is 1. The molecule has 2 saturated heterocycles. The van der Waals surface area contributed by atoms with Gasteiger partial charge in [0, 0.05) is 31.6 Å². The Morgan fingerprint density at radius 3 is 2.77 bits per heavy atom. The first-order valence-electron chi connectivity index (χ1n) is 6.95. The Hall–Kier alpha value is -1.64. The van der Waals surface area contributed by atoms with Gasteiger partial charge in [-0.1, -0.05) is 6.07 Å². The minimum absolute atomic E-state index is 0.119. The monoisotopic (exact) mass is 338 g/mol. The molecule has 2 aromatic heterocycles. The molecule has 1 amide bonds. The Kier molecular flexibility index (Phi) is 3.14. The number of furan rings is 1. The molecule has 0 bridgehead atoms. The van der Waals surface area contributed by atoms with Crippen molar-refractivity contribution in [1.29, 1.82) is 0 Å². The van der Waals surface area contributed by atoms with Crippen LogP contribution in [0.5, 0.6) is 0 Å². The van der Waals surface area contributed by atoms with E-state index in [1.54, 1.807) is 34.5 Å². The van der Waals surface area contributed by atoms with Crippen molar-refractivity contribution in [2.75, 3.05) is 19.6 Å². The lowest BCUT2D eigenvalue weighted by Crippen LogP contribution is -2.57. The van der Waals surface area contributed by atoms with Crippen LogP contribution in [0.2, 0.25) is 0 Å². The molecule has 8 heteroatoms. The highest BCUT2D eigenvalue weighted by molar-refractivity contribution is 7.91. The second-order valence-electron chi connectivity index (χ2n) is 5.52. The first-order chi connectivity index (χ1) is 10.6. The van der Waals surface area contributed by atoms with Crippen molar-refractivity contribution in [3.05, 3.63) is 41.7 Å². The van der Waals surface area contributed by atoms with Gasteiger partial charge in [-0.2, -0.15) is 4.31 Å². The topological polar surface area (TPSA) is 70.8 Å². The molecule has 0 N–H and O–H groups in total. The van der Waals surface area contributed by atoms with Crippen molar-refractivity contribution < 1.29 is 17.6 Å². The van der Waals surface area contributed by atoms with E-state index >= 15 is 0 Å². The van der Waals surface area contributed by atoms with E-state index in [0.717, 1.165) is 0 Å². The second kappa shape index (κ2) is 4.94. The summed E-state index contributed by atoms with van der Waals surface area (Å²) in [5, 5.41) is 1.76. The Balaban J connectivity index is 1.51. The smallest absolute Gasteiger partial charge is 0.289 e. The third kappa shape index (κ3) is 2.02. The van der Waals surface area contributed by atoms with E-state index in [9.17, 15) is 13.2 Å². The van der Waals surface area contributed by atoms with Crippen LogP contribution in [-0.4, -0.2) is 49.2 Å². The summed E-state index contributed by atoms with van der Waals surface area (Å²) in [6, 6.07) is 6.53. The number of hydrogen-bond donors (Lipinski definition) is 0. The quantitative estimate of drug-likeness (QED) is 0.850. The van der Waals surface area contributed by atoms with Crippen molar-refractivity contribution in [2.24, 2.45) is 5.92 Å². The molecular weight excluding hydrogens is 324 g/mol. The first kappa shape index (κ1) is 14.0. The van der Waals surface area contributed by atoms with Crippen LogP contribution >= 0.6 is 11.3 Å². The maximum atomic E-state index is 12.5. The van der Waals surface area contributed by atoms with Gasteiger partial charge in [-0.05, 0) is 23.6 Å².